The van der Waals surface area contributed by atoms with E-state index in [4.69, 9.17) is 9.47 Å². The van der Waals surface area contributed by atoms with E-state index in [1.54, 1.807) is 30.0 Å². The second kappa shape index (κ2) is 6.62. The van der Waals surface area contributed by atoms with Crippen LogP contribution in [0.5, 0.6) is 11.5 Å². The molecule has 24 heavy (non-hydrogen) atoms. The van der Waals surface area contributed by atoms with E-state index in [0.717, 1.165) is 22.1 Å². The summed E-state index contributed by atoms with van der Waals surface area (Å²) in [5, 5.41) is 13.2. The molecule has 2 aromatic carbocycles. The molecule has 124 valence electrons. The van der Waals surface area contributed by atoms with Crippen molar-refractivity contribution in [1.29, 1.82) is 0 Å². The van der Waals surface area contributed by atoms with Crippen molar-refractivity contribution in [2.24, 2.45) is 0 Å². The summed E-state index contributed by atoms with van der Waals surface area (Å²) in [6.07, 6.45) is 3.12. The topological polar surface area (TPSA) is 67.4 Å². The zero-order chi connectivity index (χ0) is 17.1. The molecule has 0 saturated carbocycles. The number of nitrogens with zero attached hydrogens (tertiary/aromatic N) is 2. The Bertz CT molecular complexity index is 886. The number of hydrogen-bond donors (Lipinski definition) is 0. The van der Waals surface area contributed by atoms with E-state index in [0.29, 0.717) is 35.5 Å². The molecule has 0 fully saturated rings. The second-order valence-electron chi connectivity index (χ2n) is 5.40. The summed E-state index contributed by atoms with van der Waals surface area (Å²) in [4.78, 5) is 12.2. The molecule has 0 aliphatic carbocycles. The van der Waals surface area contributed by atoms with Crippen molar-refractivity contribution < 1.29 is 19.1 Å². The number of ether oxygens (including phenoxy) is 2. The number of rotatable bonds is 6. The minimum absolute atomic E-state index is 0.453. The van der Waals surface area contributed by atoms with Gasteiger partial charge in [0.05, 0.1) is 32.3 Å². The summed E-state index contributed by atoms with van der Waals surface area (Å²) in [5.41, 5.74) is 1.96. The summed E-state index contributed by atoms with van der Waals surface area (Å²) >= 11 is 0. The highest BCUT2D eigenvalue weighted by Crippen LogP contribution is 2.30. The molecule has 0 atom stereocenters. The predicted molar refractivity (Wildman–Crippen MR) is 89.5 cm³/mol. The van der Waals surface area contributed by atoms with Gasteiger partial charge in [0.25, 0.3) is 5.52 Å². The normalized spacial score (nSPS) is 10.8. The average molecular weight is 326 g/mol. The molecule has 1 heterocycles. The molecule has 0 unspecified atom stereocenters. The first-order chi connectivity index (χ1) is 11.7. The minimum Gasteiger partial charge on any atom is -0.595 e. The molecule has 6 nitrogen and oxygen atoms in total. The number of carbonyl (C=O) groups is 1. The average Bonchev–Trinajstić information content (AvgIpc) is 2.95. The lowest BCUT2D eigenvalue weighted by Crippen LogP contribution is -2.37. The van der Waals surface area contributed by atoms with E-state index >= 15 is 0 Å². The summed E-state index contributed by atoms with van der Waals surface area (Å²) < 4.78 is 12.1. The molecule has 0 bridgehead atoms. The van der Waals surface area contributed by atoms with Gasteiger partial charge in [0.15, 0.2) is 11.5 Å². The van der Waals surface area contributed by atoms with Gasteiger partial charge in [-0.3, -0.25) is 4.79 Å². The summed E-state index contributed by atoms with van der Waals surface area (Å²) in [6, 6.07) is 10.8. The minimum atomic E-state index is 0.453. The summed E-state index contributed by atoms with van der Waals surface area (Å²) in [7, 11) is 3.07. The zero-order valence-corrected chi connectivity index (χ0v) is 13.6. The first-order valence-corrected chi connectivity index (χ1v) is 7.55. The van der Waals surface area contributed by atoms with Crippen molar-refractivity contribution in [2.75, 3.05) is 14.2 Å². The lowest BCUT2D eigenvalue weighted by Gasteiger charge is -2.12. The second-order valence-corrected chi connectivity index (χ2v) is 5.40. The Morgan fingerprint density at radius 3 is 2.54 bits per heavy atom. The number of aromatic nitrogens is 2. The molecule has 0 aliphatic rings. The van der Waals surface area contributed by atoms with Crippen LogP contribution in [-0.2, 0) is 13.0 Å². The first kappa shape index (κ1) is 15.9. The van der Waals surface area contributed by atoms with E-state index < -0.39 is 0 Å². The Balaban J connectivity index is 1.90. The van der Waals surface area contributed by atoms with Gasteiger partial charge in [-0.2, -0.15) is 0 Å². The van der Waals surface area contributed by atoms with Crippen molar-refractivity contribution in [3.63, 3.8) is 0 Å². The number of aryl methyl sites for hydroxylation is 2. The monoisotopic (exact) mass is 326 g/mol. The summed E-state index contributed by atoms with van der Waals surface area (Å²) in [6.45, 7) is 0.453. The smallest absolute Gasteiger partial charge is 0.251 e. The Hall–Kier alpha value is -3.02. The third kappa shape index (κ3) is 2.78. The standard InChI is InChI=1S/C18H18N2O4/c1-23-17-9-13(15(12-21)10-18(17)24-2)7-8-19-11-14-5-3-4-6-16(14)20(19)22/h3-6,9-12H,7-8H2,1-2H3. The maximum Gasteiger partial charge on any atom is 0.251 e. The molecule has 0 saturated heterocycles. The zero-order valence-electron chi connectivity index (χ0n) is 13.6. The van der Waals surface area contributed by atoms with E-state index in [9.17, 15) is 10.0 Å². The van der Waals surface area contributed by atoms with Crippen molar-refractivity contribution >= 4 is 17.2 Å². The van der Waals surface area contributed by atoms with Gasteiger partial charge in [-0.15, -0.1) is 4.68 Å². The van der Waals surface area contributed by atoms with Gasteiger partial charge < -0.3 is 14.7 Å². The highest BCUT2D eigenvalue weighted by atomic mass is 16.5. The van der Waals surface area contributed by atoms with Crippen molar-refractivity contribution in [3.8, 4) is 11.5 Å². The lowest BCUT2D eigenvalue weighted by molar-refractivity contribution is -0.670. The van der Waals surface area contributed by atoms with Crippen LogP contribution in [0.15, 0.2) is 42.6 Å². The summed E-state index contributed by atoms with van der Waals surface area (Å²) in [5.74, 6) is 1.07. The lowest BCUT2D eigenvalue weighted by atomic mass is 10.0. The number of hydrogen-bond acceptors (Lipinski definition) is 4. The van der Waals surface area contributed by atoms with Crippen LogP contribution < -0.4 is 14.3 Å². The Morgan fingerprint density at radius 1 is 1.17 bits per heavy atom. The number of methoxy groups -OCH3 is 2. The van der Waals surface area contributed by atoms with Gasteiger partial charge in [-0.05, 0) is 30.2 Å². The predicted octanol–water partition coefficient (Wildman–Crippen LogP) is 2.35. The molecule has 3 rings (SSSR count). The van der Waals surface area contributed by atoms with Crippen LogP contribution in [0.3, 0.4) is 0 Å². The number of carbonyl (C=O) groups excluding carboxylic acids is 1. The maximum atomic E-state index is 12.3. The van der Waals surface area contributed by atoms with Crippen molar-refractivity contribution in [2.45, 2.75) is 13.0 Å². The molecule has 0 spiro atoms. The number of benzene rings is 2. The van der Waals surface area contributed by atoms with Gasteiger partial charge in [-0.1, -0.05) is 17.0 Å². The maximum absolute atomic E-state index is 12.3. The molecule has 3 aromatic rings. The molecule has 0 N–H and O–H groups in total. The van der Waals surface area contributed by atoms with Gasteiger partial charge >= 0.3 is 0 Å². The fraction of sp³-hybridized carbons (Fsp3) is 0.222. The van der Waals surface area contributed by atoms with Crippen LogP contribution in [0, 0.1) is 5.21 Å². The van der Waals surface area contributed by atoms with Crippen LogP contribution in [-0.4, -0.2) is 25.2 Å². The van der Waals surface area contributed by atoms with Crippen molar-refractivity contribution in [3.05, 3.63) is 58.9 Å². The number of para-hydroxylation sites is 1. The Labute approximate surface area is 139 Å². The molecule has 0 radical (unpaired) electrons. The van der Waals surface area contributed by atoms with E-state index in [2.05, 4.69) is 0 Å². The Morgan fingerprint density at radius 2 is 1.88 bits per heavy atom. The first-order valence-electron chi connectivity index (χ1n) is 7.55. The van der Waals surface area contributed by atoms with Gasteiger partial charge in [0, 0.05) is 11.6 Å². The molecular formula is C18H18N2O4. The van der Waals surface area contributed by atoms with Gasteiger partial charge in [0.1, 0.15) is 6.29 Å². The number of aldehydes is 1. The third-order valence-electron chi connectivity index (χ3n) is 4.05. The highest BCUT2D eigenvalue weighted by Gasteiger charge is 2.14. The van der Waals surface area contributed by atoms with Gasteiger partial charge in [0.2, 0.25) is 0 Å². The molecule has 0 aliphatic heterocycles. The van der Waals surface area contributed by atoms with Gasteiger partial charge in [-0.25, -0.2) is 0 Å². The SMILES string of the molecule is COc1cc(C=O)c(CCn2cc3ccccc3[n+]2[O-])cc1OC. The fourth-order valence-corrected chi connectivity index (χ4v) is 2.78. The van der Waals surface area contributed by atoms with Crippen LogP contribution in [0.25, 0.3) is 10.9 Å². The van der Waals surface area contributed by atoms with Crippen LogP contribution in [0.1, 0.15) is 15.9 Å². The fourth-order valence-electron chi connectivity index (χ4n) is 2.78. The van der Waals surface area contributed by atoms with Crippen molar-refractivity contribution in [1.82, 2.24) is 4.68 Å². The quantitative estimate of drug-likeness (QED) is 0.396. The van der Waals surface area contributed by atoms with Crippen LogP contribution in [0.4, 0.5) is 0 Å². The number of fused-ring (bicyclic) bond motifs is 1. The largest absolute Gasteiger partial charge is 0.595 e. The molecule has 0 amide bonds. The highest BCUT2D eigenvalue weighted by molar-refractivity contribution is 5.79. The third-order valence-corrected chi connectivity index (χ3v) is 4.05. The Kier molecular flexibility index (Phi) is 4.37. The van der Waals surface area contributed by atoms with E-state index in [-0.39, 0.29) is 0 Å². The molecule has 1 aromatic heterocycles. The van der Waals surface area contributed by atoms with E-state index in [1.165, 1.54) is 7.11 Å². The van der Waals surface area contributed by atoms with Crippen LogP contribution >= 0.6 is 0 Å². The van der Waals surface area contributed by atoms with E-state index in [1.807, 2.05) is 24.4 Å². The van der Waals surface area contributed by atoms with Crippen LogP contribution in [0.2, 0.25) is 0 Å². The molecule has 6 heteroatoms. The molecular weight excluding hydrogens is 308 g/mol.